The number of benzene rings is 1. The smallest absolute Gasteiger partial charge is 0.271 e. The third-order valence-electron chi connectivity index (χ3n) is 6.96. The third kappa shape index (κ3) is 5.70. The van der Waals surface area contributed by atoms with Crippen molar-refractivity contribution in [3.63, 3.8) is 0 Å². The number of nitrogens with one attached hydrogen (secondary N) is 2. The molecule has 3 aliphatic rings. The Bertz CT molecular complexity index is 1030. The molecule has 3 atom stereocenters. The number of H-pyrrole nitrogens is 1. The van der Waals surface area contributed by atoms with E-state index in [0.717, 1.165) is 23.9 Å². The molecular weight excluding hydrogens is 559 g/mol. The number of nitrogens with zero attached hydrogens (tertiary/aromatic N) is 1. The quantitative estimate of drug-likeness (QED) is 0.338. The van der Waals surface area contributed by atoms with Gasteiger partial charge in [-0.25, -0.2) is 22.5 Å². The van der Waals surface area contributed by atoms with Crippen molar-refractivity contribution >= 4 is 40.8 Å². The van der Waals surface area contributed by atoms with E-state index in [0.29, 0.717) is 17.3 Å². The summed E-state index contributed by atoms with van der Waals surface area (Å²) in [6, 6.07) is 4.80. The third-order valence-corrected chi connectivity index (χ3v) is 6.96. The molecule has 0 unspecified atom stereocenters. The van der Waals surface area contributed by atoms with Crippen LogP contribution in [0.1, 0.15) is 68.4 Å². The van der Waals surface area contributed by atoms with E-state index in [-0.39, 0.29) is 73.9 Å². The molecule has 0 spiro atoms. The van der Waals surface area contributed by atoms with Crippen LogP contribution < -0.4 is 11.1 Å². The minimum atomic E-state index is -2.82. The van der Waals surface area contributed by atoms with Crippen LogP contribution in [0.2, 0.25) is 0 Å². The van der Waals surface area contributed by atoms with Crippen LogP contribution in [0.3, 0.4) is 0 Å². The number of amides is 1. The summed E-state index contributed by atoms with van der Waals surface area (Å²) in [5.74, 6) is -5.13. The molecule has 2 aromatic rings. The second-order valence-electron chi connectivity index (χ2n) is 9.89. The fraction of sp³-hybridized carbons (Fsp3) is 0.652. The maximum absolute atomic E-state index is 13.4. The Hall–Kier alpha value is -1.40. The van der Waals surface area contributed by atoms with Gasteiger partial charge in [0.2, 0.25) is 11.8 Å². The van der Waals surface area contributed by atoms with Crippen LogP contribution >= 0.6 is 0 Å². The Morgan fingerprint density at radius 3 is 2.56 bits per heavy atom. The average molecular weight is 587 g/mol. The molecule has 0 bridgehead atoms. The molecule has 184 valence electrons. The number of imidazole rings is 1. The molecule has 2 aliphatic carbocycles. The molecule has 4 radical (unpaired) electrons. The Morgan fingerprint density at radius 2 is 1.94 bits per heavy atom. The Labute approximate surface area is 211 Å². The topological polar surface area (TPSA) is 93.0 Å². The first-order valence-electron chi connectivity index (χ1n) is 11.5. The predicted octanol–water partition coefficient (Wildman–Crippen LogP) is 4.00. The van der Waals surface area contributed by atoms with Crippen LogP contribution in [0.5, 0.6) is 0 Å². The van der Waals surface area contributed by atoms with Gasteiger partial charge in [0.25, 0.3) is 5.92 Å². The predicted molar refractivity (Wildman–Crippen MR) is 119 cm³/mol. The molecule has 1 aromatic heterocycles. The first-order chi connectivity index (χ1) is 15.6. The molecule has 1 aliphatic heterocycles. The molecule has 4 N–H and O–H groups in total. The summed E-state index contributed by atoms with van der Waals surface area (Å²) < 4.78 is 58.2. The van der Waals surface area contributed by atoms with Gasteiger partial charge in [0.05, 0.1) is 29.2 Å². The number of carbonyl (C=O) groups is 1. The normalized spacial score (nSPS) is 25.7. The van der Waals surface area contributed by atoms with Crippen molar-refractivity contribution in [2.45, 2.75) is 75.0 Å². The molecule has 6 nitrogen and oxygen atoms in total. The van der Waals surface area contributed by atoms with E-state index in [1.165, 1.54) is 0 Å². The van der Waals surface area contributed by atoms with Crippen molar-refractivity contribution in [3.8, 4) is 0 Å². The van der Waals surface area contributed by atoms with E-state index in [4.69, 9.17) is 10.5 Å². The summed E-state index contributed by atoms with van der Waals surface area (Å²) >= 11 is 0. The van der Waals surface area contributed by atoms with E-state index in [2.05, 4.69) is 15.3 Å². The number of fused-ring (bicyclic) bond motifs is 1. The van der Waals surface area contributed by atoms with Crippen LogP contribution in [-0.4, -0.2) is 64.3 Å². The fourth-order valence-electron chi connectivity index (χ4n) is 4.92. The monoisotopic (exact) mass is 588 g/mol. The molecule has 2 saturated carbocycles. The van der Waals surface area contributed by atoms with E-state index in [1.807, 2.05) is 18.2 Å². The summed E-state index contributed by atoms with van der Waals surface area (Å²) in [5.41, 5.74) is 8.58. The molecule has 5 rings (SSSR count). The second kappa shape index (κ2) is 9.57. The summed E-state index contributed by atoms with van der Waals surface area (Å²) in [7, 11) is 0. The molecule has 11 heteroatoms. The number of aromatic amines is 1. The number of carbonyl (C=O) groups excluding carboxylic acids is 1. The second-order valence-corrected chi connectivity index (χ2v) is 9.89. The van der Waals surface area contributed by atoms with Crippen molar-refractivity contribution in [1.82, 2.24) is 15.3 Å². The maximum atomic E-state index is 13.4. The standard InChI is InChI=1S/C23H28F4N4O2.Sn/c24-22(25)6-5-17(33-11-22)19(28)21-29-15-4-3-14(8-16(15)30-21)20(13-1-2-13)31-18(32)7-12-9-23(26,27)10-12;/h3-4,8,12-13,17,19-20H,1-2,5-7,9-11,28H2,(H,29,30)(H,31,32);/t17-,19-,20+;/m0./s1. The van der Waals surface area contributed by atoms with Crippen LogP contribution in [0.4, 0.5) is 17.6 Å². The van der Waals surface area contributed by atoms with Gasteiger partial charge in [-0.15, -0.1) is 0 Å². The van der Waals surface area contributed by atoms with E-state index >= 15 is 0 Å². The summed E-state index contributed by atoms with van der Waals surface area (Å²) in [6.45, 7) is -0.642. The Morgan fingerprint density at radius 1 is 1.21 bits per heavy atom. The van der Waals surface area contributed by atoms with Gasteiger partial charge in [0, 0.05) is 49.6 Å². The van der Waals surface area contributed by atoms with Gasteiger partial charge in [0.15, 0.2) is 0 Å². The van der Waals surface area contributed by atoms with Crippen molar-refractivity contribution < 1.29 is 27.1 Å². The maximum Gasteiger partial charge on any atom is 0.271 e. The van der Waals surface area contributed by atoms with Crippen molar-refractivity contribution in [2.24, 2.45) is 17.6 Å². The number of alkyl halides is 4. The molecule has 2 heterocycles. The number of aromatic nitrogens is 2. The zero-order chi connectivity index (χ0) is 23.4. The molecule has 34 heavy (non-hydrogen) atoms. The fourth-order valence-corrected chi connectivity index (χ4v) is 4.92. The van der Waals surface area contributed by atoms with Gasteiger partial charge in [-0.1, -0.05) is 6.07 Å². The van der Waals surface area contributed by atoms with Gasteiger partial charge < -0.3 is 20.8 Å². The van der Waals surface area contributed by atoms with Crippen LogP contribution in [0.15, 0.2) is 18.2 Å². The molecule has 1 amide bonds. The number of hydrogen-bond acceptors (Lipinski definition) is 4. The Balaban J connectivity index is 0.00000274. The van der Waals surface area contributed by atoms with E-state index in [9.17, 15) is 22.4 Å². The van der Waals surface area contributed by atoms with Crippen molar-refractivity contribution in [1.29, 1.82) is 0 Å². The van der Waals surface area contributed by atoms with E-state index < -0.39 is 30.6 Å². The van der Waals surface area contributed by atoms with Crippen molar-refractivity contribution in [2.75, 3.05) is 6.61 Å². The van der Waals surface area contributed by atoms with Gasteiger partial charge in [-0.3, -0.25) is 4.79 Å². The van der Waals surface area contributed by atoms with Gasteiger partial charge in [-0.2, -0.15) is 0 Å². The average Bonchev–Trinajstić information content (AvgIpc) is 3.48. The minimum absolute atomic E-state index is 0. The summed E-state index contributed by atoms with van der Waals surface area (Å²) in [6.07, 6.45) is 1.00. The van der Waals surface area contributed by atoms with E-state index in [1.54, 1.807) is 0 Å². The first-order valence-corrected chi connectivity index (χ1v) is 11.5. The largest absolute Gasteiger partial charge is 0.370 e. The number of hydrogen-bond donors (Lipinski definition) is 3. The molecule has 1 saturated heterocycles. The summed E-state index contributed by atoms with van der Waals surface area (Å²) in [5, 5.41) is 3.04. The van der Waals surface area contributed by atoms with Crippen LogP contribution in [0.25, 0.3) is 11.0 Å². The minimum Gasteiger partial charge on any atom is -0.370 e. The SMILES string of the molecule is N[C@H](c1nc2ccc([C@H](NC(=O)CC3CC(F)(F)C3)C3CC3)cc2[nH]1)[C@@H]1CCC(F)(F)CO1.[Sn]. The number of halogens is 4. The van der Waals surface area contributed by atoms with Gasteiger partial charge >= 0.3 is 0 Å². The van der Waals surface area contributed by atoms with Crippen LogP contribution in [0, 0.1) is 11.8 Å². The zero-order valence-electron chi connectivity index (χ0n) is 18.6. The molecular formula is C23H28F4N4O2Sn. The van der Waals surface area contributed by atoms with Crippen molar-refractivity contribution in [3.05, 3.63) is 29.6 Å². The molecule has 1 aromatic carbocycles. The number of ether oxygens (including phenoxy) is 1. The Kier molecular flexibility index (Phi) is 7.23. The van der Waals surface area contributed by atoms with Crippen LogP contribution in [-0.2, 0) is 9.53 Å². The number of rotatable bonds is 7. The van der Waals surface area contributed by atoms with Gasteiger partial charge in [0.1, 0.15) is 12.4 Å². The van der Waals surface area contributed by atoms with Gasteiger partial charge in [-0.05, 0) is 48.8 Å². The molecule has 3 fully saturated rings. The zero-order valence-corrected chi connectivity index (χ0v) is 21.5. The summed E-state index contributed by atoms with van der Waals surface area (Å²) in [4.78, 5) is 20.2. The first kappa shape index (κ1) is 25.7. The number of nitrogens with two attached hydrogens (primary N) is 1.